The zero-order valence-electron chi connectivity index (χ0n) is 20.6. The number of anilines is 3. The van der Waals surface area contributed by atoms with Crippen molar-refractivity contribution in [3.8, 4) is 0 Å². The van der Waals surface area contributed by atoms with Crippen LogP contribution >= 0.6 is 9.16 Å². The summed E-state index contributed by atoms with van der Waals surface area (Å²) in [7, 11) is -2.39. The molecule has 0 atom stereocenters. The molecule has 0 amide bonds. The van der Waals surface area contributed by atoms with Crippen molar-refractivity contribution in [3.05, 3.63) is 72.1 Å². The Morgan fingerprint density at radius 3 is 1.58 bits per heavy atom. The van der Waals surface area contributed by atoms with E-state index in [0.29, 0.717) is 0 Å². The molecular formula is C28H38N2S. The SMILES string of the molecule is CC(C)(C)c1ccc2c(c1)[SH](C)(C)(C)c1cc(C(C)(C)C)ccc1N2c1cccnc1. The van der Waals surface area contributed by atoms with E-state index in [4.69, 9.17) is 0 Å². The Kier molecular flexibility index (Phi) is 4.69. The van der Waals surface area contributed by atoms with Gasteiger partial charge in [0.15, 0.2) is 0 Å². The fourth-order valence-electron chi connectivity index (χ4n) is 4.64. The van der Waals surface area contributed by atoms with E-state index in [9.17, 15) is 0 Å². The Balaban J connectivity index is 2.10. The molecular weight excluding hydrogens is 396 g/mol. The van der Waals surface area contributed by atoms with Crippen LogP contribution in [-0.2, 0) is 10.8 Å². The standard InChI is InChI=1S/C28H38N2S/c1-27(2,3)20-12-14-23-25(17-20)31(7,8,9)26-18-21(28(4,5)6)13-15-24(26)30(23)22-11-10-16-29-19-22/h10-19,31H,1-9H3. The number of pyridine rings is 1. The van der Waals surface area contributed by atoms with E-state index < -0.39 is 9.16 Å². The van der Waals surface area contributed by atoms with E-state index in [1.54, 1.807) is 0 Å². The number of rotatable bonds is 1. The lowest BCUT2D eigenvalue weighted by Gasteiger charge is -2.59. The summed E-state index contributed by atoms with van der Waals surface area (Å²) in [4.78, 5) is 9.83. The van der Waals surface area contributed by atoms with Crippen LogP contribution in [-0.4, -0.2) is 23.8 Å². The second-order valence-corrected chi connectivity index (χ2v) is 18.8. The van der Waals surface area contributed by atoms with Gasteiger partial charge in [-0.25, -0.2) is 9.16 Å². The molecule has 0 saturated heterocycles. The van der Waals surface area contributed by atoms with Gasteiger partial charge in [-0.3, -0.25) is 4.98 Å². The van der Waals surface area contributed by atoms with Crippen molar-refractivity contribution in [2.45, 2.75) is 62.2 Å². The normalized spacial score (nSPS) is 18.5. The quantitative estimate of drug-likeness (QED) is 0.393. The minimum Gasteiger partial charge on any atom is -0.307 e. The summed E-state index contributed by atoms with van der Waals surface area (Å²) in [6.45, 7) is 13.8. The molecule has 0 bridgehead atoms. The van der Waals surface area contributed by atoms with Gasteiger partial charge in [0.2, 0.25) is 0 Å². The first kappa shape index (κ1) is 22.0. The zero-order chi connectivity index (χ0) is 22.8. The highest BCUT2D eigenvalue weighted by Crippen LogP contribution is 2.80. The molecule has 2 heterocycles. The third-order valence-electron chi connectivity index (χ3n) is 6.76. The molecule has 0 N–H and O–H groups in total. The van der Waals surface area contributed by atoms with E-state index in [0.717, 1.165) is 5.69 Å². The number of hydrogen-bond acceptors (Lipinski definition) is 2. The highest BCUT2D eigenvalue weighted by atomic mass is 32.3. The van der Waals surface area contributed by atoms with Crippen LogP contribution in [0.15, 0.2) is 70.7 Å². The van der Waals surface area contributed by atoms with E-state index in [2.05, 4.69) is 113 Å². The van der Waals surface area contributed by atoms with Gasteiger partial charge < -0.3 is 4.90 Å². The molecule has 31 heavy (non-hydrogen) atoms. The van der Waals surface area contributed by atoms with Crippen molar-refractivity contribution in [1.29, 1.82) is 0 Å². The predicted molar refractivity (Wildman–Crippen MR) is 140 cm³/mol. The third-order valence-corrected chi connectivity index (χ3v) is 10.8. The van der Waals surface area contributed by atoms with Gasteiger partial charge in [-0.1, -0.05) is 53.7 Å². The number of thiol groups is 1. The van der Waals surface area contributed by atoms with E-state index in [1.165, 1.54) is 32.3 Å². The predicted octanol–water partition coefficient (Wildman–Crippen LogP) is 7.84. The van der Waals surface area contributed by atoms with Gasteiger partial charge in [0.1, 0.15) is 0 Å². The number of aromatic nitrogens is 1. The van der Waals surface area contributed by atoms with Gasteiger partial charge in [-0.2, -0.15) is 0 Å². The molecule has 0 fully saturated rings. The van der Waals surface area contributed by atoms with E-state index in [-0.39, 0.29) is 10.8 Å². The molecule has 4 rings (SSSR count). The molecule has 0 radical (unpaired) electrons. The molecule has 1 aliphatic heterocycles. The fourth-order valence-corrected chi connectivity index (χ4v) is 8.03. The summed E-state index contributed by atoms with van der Waals surface area (Å²) in [5, 5.41) is 0. The maximum atomic E-state index is 4.44. The largest absolute Gasteiger partial charge is 0.307 e. The molecule has 0 aliphatic carbocycles. The Bertz CT molecular complexity index is 1070. The summed E-state index contributed by atoms with van der Waals surface area (Å²) in [5.74, 6) is 0. The smallest absolute Gasteiger partial charge is 0.0645 e. The van der Waals surface area contributed by atoms with Crippen LogP contribution in [0.5, 0.6) is 0 Å². The van der Waals surface area contributed by atoms with Gasteiger partial charge >= 0.3 is 0 Å². The molecule has 2 aromatic carbocycles. The van der Waals surface area contributed by atoms with Crippen LogP contribution in [0.3, 0.4) is 0 Å². The summed E-state index contributed by atoms with van der Waals surface area (Å²) in [6, 6.07) is 18.5. The summed E-state index contributed by atoms with van der Waals surface area (Å²) in [6.07, 6.45) is 11.4. The van der Waals surface area contributed by atoms with Crippen molar-refractivity contribution < 1.29 is 0 Å². The highest BCUT2D eigenvalue weighted by molar-refractivity contribution is 8.48. The molecule has 3 aromatic rings. The Labute approximate surface area is 189 Å². The molecule has 2 nitrogen and oxygen atoms in total. The molecule has 166 valence electrons. The zero-order valence-corrected chi connectivity index (χ0v) is 21.5. The minimum atomic E-state index is -2.39. The van der Waals surface area contributed by atoms with Crippen molar-refractivity contribution in [2.24, 2.45) is 0 Å². The summed E-state index contributed by atoms with van der Waals surface area (Å²) < 4.78 is 0. The fraction of sp³-hybridized carbons (Fsp3) is 0.393. The molecule has 0 saturated carbocycles. The number of hydrogen-bond donors (Lipinski definition) is 1. The number of fused-ring (bicyclic) bond motifs is 2. The van der Waals surface area contributed by atoms with Crippen molar-refractivity contribution in [2.75, 3.05) is 23.7 Å². The van der Waals surface area contributed by atoms with Crippen molar-refractivity contribution in [1.82, 2.24) is 4.98 Å². The maximum absolute atomic E-state index is 4.44. The van der Waals surface area contributed by atoms with Crippen LogP contribution in [0.4, 0.5) is 17.1 Å². The van der Waals surface area contributed by atoms with E-state index in [1.807, 2.05) is 18.5 Å². The third kappa shape index (κ3) is 3.57. The van der Waals surface area contributed by atoms with Crippen LogP contribution in [0.2, 0.25) is 0 Å². The maximum Gasteiger partial charge on any atom is 0.0645 e. The second-order valence-electron chi connectivity index (χ2n) is 12.2. The first-order valence-electron chi connectivity index (χ1n) is 11.2. The average molecular weight is 435 g/mol. The topological polar surface area (TPSA) is 16.1 Å². The first-order valence-corrected chi connectivity index (χ1v) is 14.8. The second kappa shape index (κ2) is 6.62. The monoisotopic (exact) mass is 434 g/mol. The minimum absolute atomic E-state index is 0.112. The summed E-state index contributed by atoms with van der Waals surface area (Å²) in [5.41, 5.74) is 6.72. The first-order chi connectivity index (χ1) is 14.2. The Hall–Kier alpha value is -2.26. The van der Waals surface area contributed by atoms with Crippen LogP contribution in [0, 0.1) is 0 Å². The molecule has 3 heteroatoms. The Morgan fingerprint density at radius 2 is 1.19 bits per heavy atom. The highest BCUT2D eigenvalue weighted by Gasteiger charge is 2.42. The molecule has 0 unspecified atom stereocenters. The van der Waals surface area contributed by atoms with Crippen LogP contribution in [0.1, 0.15) is 52.7 Å². The van der Waals surface area contributed by atoms with Gasteiger partial charge in [-0.05, 0) is 77.1 Å². The lowest BCUT2D eigenvalue weighted by molar-refractivity contribution is 0.588. The average Bonchev–Trinajstić information content (AvgIpc) is 2.67. The van der Waals surface area contributed by atoms with Gasteiger partial charge in [0, 0.05) is 16.0 Å². The molecule has 1 aliphatic rings. The number of nitrogens with zero attached hydrogens (tertiary/aromatic N) is 2. The van der Waals surface area contributed by atoms with E-state index >= 15 is 0 Å². The van der Waals surface area contributed by atoms with Crippen LogP contribution in [0.25, 0.3) is 0 Å². The van der Waals surface area contributed by atoms with Gasteiger partial charge in [0.05, 0.1) is 23.3 Å². The summed E-state index contributed by atoms with van der Waals surface area (Å²) >= 11 is 0. The molecule has 1 aromatic heterocycles. The van der Waals surface area contributed by atoms with Gasteiger partial charge in [0.25, 0.3) is 0 Å². The lowest BCUT2D eigenvalue weighted by Crippen LogP contribution is -2.28. The molecule has 0 spiro atoms. The van der Waals surface area contributed by atoms with Crippen LogP contribution < -0.4 is 4.90 Å². The van der Waals surface area contributed by atoms with Gasteiger partial charge in [-0.15, -0.1) is 0 Å². The lowest BCUT2D eigenvalue weighted by atomic mass is 9.86. The van der Waals surface area contributed by atoms with Crippen molar-refractivity contribution in [3.63, 3.8) is 0 Å². The number of benzene rings is 2. The van der Waals surface area contributed by atoms with Crippen molar-refractivity contribution >= 4 is 26.2 Å². The Morgan fingerprint density at radius 1 is 0.710 bits per heavy atom.